The quantitative estimate of drug-likeness (QED) is 0.592. The molecule has 2 amide bonds. The van der Waals surface area contributed by atoms with Crippen LogP contribution in [0.5, 0.6) is 0 Å². The number of carbonyl (C=O) groups excluding carboxylic acids is 2. The molecular formula is C18H26N2O4S. The van der Waals surface area contributed by atoms with Crippen LogP contribution in [0.4, 0.5) is 5.69 Å². The summed E-state index contributed by atoms with van der Waals surface area (Å²) in [5.41, 5.74) is 1.81. The van der Waals surface area contributed by atoms with Gasteiger partial charge in [0.15, 0.2) is 0 Å². The second kappa shape index (κ2) is 10.8. The van der Waals surface area contributed by atoms with Crippen molar-refractivity contribution < 1.29 is 19.5 Å². The summed E-state index contributed by atoms with van der Waals surface area (Å²) >= 11 is 1.18. The van der Waals surface area contributed by atoms with Crippen LogP contribution in [0.25, 0.3) is 0 Å². The number of thioether (sulfide) groups is 1. The van der Waals surface area contributed by atoms with Gasteiger partial charge in [0.05, 0.1) is 11.0 Å². The number of unbranched alkanes of at least 4 members (excludes halogenated alkanes) is 1. The minimum absolute atomic E-state index is 0.120. The molecule has 1 aromatic rings. The lowest BCUT2D eigenvalue weighted by Gasteiger charge is -2.17. The highest BCUT2D eigenvalue weighted by Crippen LogP contribution is 2.14. The molecule has 0 aromatic heterocycles. The van der Waals surface area contributed by atoms with Crippen LogP contribution in [-0.4, -0.2) is 39.9 Å². The van der Waals surface area contributed by atoms with Crippen LogP contribution in [0.1, 0.15) is 38.7 Å². The Labute approximate surface area is 152 Å². The number of hydrogen-bond acceptors (Lipinski definition) is 4. The molecule has 3 N–H and O–H groups in total. The number of benzene rings is 1. The van der Waals surface area contributed by atoms with E-state index in [0.29, 0.717) is 12.1 Å². The fourth-order valence-electron chi connectivity index (χ4n) is 2.07. The highest BCUT2D eigenvalue weighted by atomic mass is 32.2. The molecule has 0 bridgehead atoms. The van der Waals surface area contributed by atoms with Crippen LogP contribution in [0.3, 0.4) is 0 Å². The van der Waals surface area contributed by atoms with Crippen molar-refractivity contribution in [3.63, 3.8) is 0 Å². The number of carbonyl (C=O) groups is 3. The number of carboxylic acid groups (broad SMARTS) is 1. The fourth-order valence-corrected chi connectivity index (χ4v) is 2.76. The van der Waals surface area contributed by atoms with Crippen LogP contribution in [-0.2, 0) is 14.4 Å². The summed E-state index contributed by atoms with van der Waals surface area (Å²) in [7, 11) is 0. The van der Waals surface area contributed by atoms with Crippen molar-refractivity contribution in [3.8, 4) is 0 Å². The maximum atomic E-state index is 12.1. The van der Waals surface area contributed by atoms with Gasteiger partial charge in [-0.25, -0.2) is 4.79 Å². The molecule has 138 valence electrons. The van der Waals surface area contributed by atoms with Crippen LogP contribution < -0.4 is 10.6 Å². The van der Waals surface area contributed by atoms with Crippen molar-refractivity contribution in [2.24, 2.45) is 0 Å². The normalized spacial score (nSPS) is 12.9. The first-order valence-electron chi connectivity index (χ1n) is 8.34. The molecule has 0 aliphatic carbocycles. The first kappa shape index (κ1) is 21.0. The molecule has 0 radical (unpaired) electrons. The maximum Gasteiger partial charge on any atom is 0.326 e. The summed E-state index contributed by atoms with van der Waals surface area (Å²) in [5.74, 6) is -1.48. The van der Waals surface area contributed by atoms with Gasteiger partial charge >= 0.3 is 5.97 Å². The third-order valence-corrected chi connectivity index (χ3v) is 4.77. The lowest BCUT2D eigenvalue weighted by molar-refractivity contribution is -0.141. The van der Waals surface area contributed by atoms with E-state index in [2.05, 4.69) is 10.6 Å². The van der Waals surface area contributed by atoms with Gasteiger partial charge < -0.3 is 15.7 Å². The van der Waals surface area contributed by atoms with Crippen LogP contribution in [0.15, 0.2) is 24.3 Å². The van der Waals surface area contributed by atoms with Crippen molar-refractivity contribution in [2.45, 2.75) is 51.3 Å². The maximum absolute atomic E-state index is 12.1. The molecule has 0 saturated carbocycles. The van der Waals surface area contributed by atoms with Crippen molar-refractivity contribution in [3.05, 3.63) is 29.8 Å². The summed E-state index contributed by atoms with van der Waals surface area (Å²) in [6, 6.07) is 6.57. The predicted molar refractivity (Wildman–Crippen MR) is 101 cm³/mol. The van der Waals surface area contributed by atoms with E-state index in [1.165, 1.54) is 11.8 Å². The third kappa shape index (κ3) is 8.07. The number of carboxylic acids is 1. The zero-order valence-corrected chi connectivity index (χ0v) is 15.7. The summed E-state index contributed by atoms with van der Waals surface area (Å²) in [4.78, 5) is 35.2. The summed E-state index contributed by atoms with van der Waals surface area (Å²) < 4.78 is 0. The van der Waals surface area contributed by atoms with E-state index in [9.17, 15) is 14.4 Å². The van der Waals surface area contributed by atoms with Gasteiger partial charge in [0.1, 0.15) is 6.04 Å². The molecule has 0 aliphatic rings. The molecule has 0 heterocycles. The zero-order valence-electron chi connectivity index (χ0n) is 14.9. The molecule has 0 aliphatic heterocycles. The molecule has 0 fully saturated rings. The zero-order chi connectivity index (χ0) is 18.8. The van der Waals surface area contributed by atoms with Crippen molar-refractivity contribution in [2.75, 3.05) is 11.1 Å². The van der Waals surface area contributed by atoms with Gasteiger partial charge in [-0.15, -0.1) is 11.8 Å². The Kier molecular flexibility index (Phi) is 9.05. The van der Waals surface area contributed by atoms with E-state index < -0.39 is 17.3 Å². The number of aliphatic carboxylic acids is 1. The summed E-state index contributed by atoms with van der Waals surface area (Å²) in [6.45, 7) is 5.59. The molecule has 1 rings (SSSR count). The number of nitrogens with one attached hydrogen (secondary N) is 2. The van der Waals surface area contributed by atoms with Gasteiger partial charge in [0.2, 0.25) is 11.8 Å². The molecular weight excluding hydrogens is 340 g/mol. The third-order valence-electron chi connectivity index (χ3n) is 3.63. The monoisotopic (exact) mass is 366 g/mol. The van der Waals surface area contributed by atoms with E-state index in [1.54, 1.807) is 6.92 Å². The van der Waals surface area contributed by atoms with E-state index in [4.69, 9.17) is 5.11 Å². The van der Waals surface area contributed by atoms with Gasteiger partial charge in [-0.3, -0.25) is 9.59 Å². The number of aryl methyl sites for hydroxylation is 1. The first-order valence-corrected chi connectivity index (χ1v) is 9.39. The van der Waals surface area contributed by atoms with Gasteiger partial charge in [0, 0.05) is 5.69 Å². The molecule has 0 spiro atoms. The van der Waals surface area contributed by atoms with Crippen LogP contribution in [0, 0.1) is 6.92 Å². The van der Waals surface area contributed by atoms with E-state index in [-0.39, 0.29) is 17.6 Å². The average Bonchev–Trinajstić information content (AvgIpc) is 2.58. The second-order valence-corrected chi connectivity index (χ2v) is 7.24. The summed E-state index contributed by atoms with van der Waals surface area (Å²) in [6.07, 6.45) is 2.00. The summed E-state index contributed by atoms with van der Waals surface area (Å²) in [5, 5.41) is 13.9. The minimum atomic E-state index is -1.03. The molecule has 6 nitrogen and oxygen atoms in total. The van der Waals surface area contributed by atoms with Crippen molar-refractivity contribution >= 4 is 35.2 Å². The topological polar surface area (TPSA) is 95.5 Å². The average molecular weight is 366 g/mol. The first-order chi connectivity index (χ1) is 11.8. The van der Waals surface area contributed by atoms with Crippen LogP contribution in [0.2, 0.25) is 0 Å². The molecule has 1 aromatic carbocycles. The molecule has 2 unspecified atom stereocenters. The number of hydrogen-bond donors (Lipinski definition) is 3. The standard InChI is InChI=1S/C18H26N2O4S/c1-4-5-6-15(18(23)24)20-17(22)13(3)25-11-16(21)19-14-9-7-12(2)8-10-14/h7-10,13,15H,4-6,11H2,1-3H3,(H,19,21)(H,20,22)(H,23,24). The Hall–Kier alpha value is -2.02. The largest absolute Gasteiger partial charge is 0.480 e. The number of anilines is 1. The molecule has 2 atom stereocenters. The Morgan fingerprint density at radius 2 is 1.84 bits per heavy atom. The van der Waals surface area contributed by atoms with E-state index >= 15 is 0 Å². The van der Waals surface area contributed by atoms with Crippen molar-refractivity contribution in [1.29, 1.82) is 0 Å². The van der Waals surface area contributed by atoms with E-state index in [0.717, 1.165) is 18.4 Å². The lowest BCUT2D eigenvalue weighted by atomic mass is 10.1. The van der Waals surface area contributed by atoms with E-state index in [1.807, 2.05) is 38.1 Å². The molecule has 7 heteroatoms. The van der Waals surface area contributed by atoms with Crippen LogP contribution >= 0.6 is 11.8 Å². The lowest BCUT2D eigenvalue weighted by Crippen LogP contribution is -2.44. The van der Waals surface area contributed by atoms with Gasteiger partial charge in [0.25, 0.3) is 0 Å². The Morgan fingerprint density at radius 3 is 2.40 bits per heavy atom. The fraction of sp³-hybridized carbons (Fsp3) is 0.500. The molecule has 0 saturated heterocycles. The Balaban J connectivity index is 2.42. The van der Waals surface area contributed by atoms with Gasteiger partial charge in [-0.2, -0.15) is 0 Å². The predicted octanol–water partition coefficient (Wildman–Crippen LogP) is 2.81. The Bertz CT molecular complexity index is 589. The Morgan fingerprint density at radius 1 is 1.20 bits per heavy atom. The highest BCUT2D eigenvalue weighted by Gasteiger charge is 2.23. The SMILES string of the molecule is CCCCC(NC(=O)C(C)SCC(=O)Nc1ccc(C)cc1)C(=O)O. The van der Waals surface area contributed by atoms with Gasteiger partial charge in [-0.05, 0) is 32.4 Å². The number of amides is 2. The molecule has 25 heavy (non-hydrogen) atoms. The second-order valence-electron chi connectivity index (χ2n) is 5.91. The highest BCUT2D eigenvalue weighted by molar-refractivity contribution is 8.01. The smallest absolute Gasteiger partial charge is 0.326 e. The van der Waals surface area contributed by atoms with Crippen molar-refractivity contribution in [1.82, 2.24) is 5.32 Å². The number of rotatable bonds is 10. The van der Waals surface area contributed by atoms with Gasteiger partial charge in [-0.1, -0.05) is 37.5 Å². The minimum Gasteiger partial charge on any atom is -0.480 e.